The Morgan fingerprint density at radius 2 is 1.56 bits per heavy atom. The molecule has 0 saturated heterocycles. The fourth-order valence-electron chi connectivity index (χ4n) is 2.79. The molecule has 0 aliphatic heterocycles. The van der Waals surface area contributed by atoms with E-state index in [1.54, 1.807) is 0 Å². The second-order valence-corrected chi connectivity index (χ2v) is 7.68. The van der Waals surface area contributed by atoms with E-state index >= 15 is 0 Å². The molecule has 128 valence electrons. The average Bonchev–Trinajstić information content (AvgIpc) is 2.64. The van der Waals surface area contributed by atoms with Gasteiger partial charge in [0.25, 0.3) is 0 Å². The second kappa shape index (κ2) is 9.57. The summed E-state index contributed by atoms with van der Waals surface area (Å²) in [5.41, 5.74) is 7.56. The number of benzene rings is 2. The molecule has 0 aliphatic rings. The molecular weight excluding hydrogens is 415 g/mol. The number of halogens is 1. The van der Waals surface area contributed by atoms with E-state index in [1.165, 1.54) is 37.0 Å². The van der Waals surface area contributed by atoms with Crippen LogP contribution in [0.4, 0.5) is 0 Å². The van der Waals surface area contributed by atoms with Gasteiger partial charge in [-0.25, -0.2) is 0 Å². The van der Waals surface area contributed by atoms with Crippen molar-refractivity contribution < 1.29 is 0 Å². The predicted molar refractivity (Wildman–Crippen MR) is 122 cm³/mol. The molecule has 0 heterocycles. The van der Waals surface area contributed by atoms with E-state index in [4.69, 9.17) is 0 Å². The van der Waals surface area contributed by atoms with Crippen LogP contribution in [0, 0.1) is 0 Å². The molecule has 0 radical (unpaired) electrons. The molecule has 0 fully saturated rings. The molecule has 25 heavy (non-hydrogen) atoms. The third-order valence-corrected chi connectivity index (χ3v) is 4.44. The third-order valence-electron chi connectivity index (χ3n) is 4.08. The highest BCUT2D eigenvalue weighted by atomic mass is 127. The molecule has 0 aliphatic carbocycles. The van der Waals surface area contributed by atoms with Gasteiger partial charge in [-0.1, -0.05) is 72.8 Å². The molecule has 0 nitrogen and oxygen atoms in total. The molecule has 0 amide bonds. The molecule has 0 saturated carbocycles. The Kier molecular flexibility index (Phi) is 7.45. The van der Waals surface area contributed by atoms with Crippen LogP contribution in [0.1, 0.15) is 38.8 Å². The van der Waals surface area contributed by atoms with E-state index in [2.05, 4.69) is 129 Å². The van der Waals surface area contributed by atoms with Gasteiger partial charge in [-0.3, -0.25) is 0 Å². The predicted octanol–water partition coefficient (Wildman–Crippen LogP) is 8.08. The second-order valence-electron chi connectivity index (χ2n) is 5.97. The summed E-state index contributed by atoms with van der Waals surface area (Å²) in [7, 11) is 0. The molecule has 2 aromatic rings. The van der Waals surface area contributed by atoms with Crippen molar-refractivity contribution in [3.8, 4) is 11.1 Å². The monoisotopic (exact) mass is 440 g/mol. The van der Waals surface area contributed by atoms with Gasteiger partial charge in [0.15, 0.2) is 0 Å². The van der Waals surface area contributed by atoms with Crippen molar-refractivity contribution in [1.82, 2.24) is 0 Å². The van der Waals surface area contributed by atoms with Gasteiger partial charge in [0.05, 0.1) is 0 Å². The van der Waals surface area contributed by atoms with Gasteiger partial charge in [-0.05, 0) is 93.3 Å². The fraction of sp³-hybridized carbons (Fsp3) is 0.167. The van der Waals surface area contributed by atoms with Crippen molar-refractivity contribution in [2.75, 3.05) is 0 Å². The van der Waals surface area contributed by atoms with Gasteiger partial charge in [0, 0.05) is 0 Å². The summed E-state index contributed by atoms with van der Waals surface area (Å²) in [4.78, 5) is 0. The minimum Gasteiger partial charge on any atom is -0.0871 e. The van der Waals surface area contributed by atoms with Gasteiger partial charge in [-0.15, -0.1) is 0 Å². The summed E-state index contributed by atoms with van der Waals surface area (Å²) in [6.07, 6.45) is 10.8. The molecular formula is C24H25I. The highest BCUT2D eigenvalue weighted by Gasteiger charge is 2.09. The van der Waals surface area contributed by atoms with Crippen molar-refractivity contribution in [2.45, 2.75) is 27.7 Å². The number of rotatable bonds is 5. The number of hydrogen-bond acceptors (Lipinski definition) is 0. The van der Waals surface area contributed by atoms with Crippen LogP contribution in [0.2, 0.25) is 0 Å². The van der Waals surface area contributed by atoms with Gasteiger partial charge >= 0.3 is 0 Å². The Morgan fingerprint density at radius 1 is 0.840 bits per heavy atom. The number of hydrogen-bond donors (Lipinski definition) is 0. The third kappa shape index (κ3) is 5.30. The maximum absolute atomic E-state index is 2.34. The summed E-state index contributed by atoms with van der Waals surface area (Å²) >= 11 is 2.34. The van der Waals surface area contributed by atoms with Crippen LogP contribution in [-0.4, -0.2) is 0 Å². The van der Waals surface area contributed by atoms with Crippen LogP contribution < -0.4 is 0 Å². The van der Waals surface area contributed by atoms with Crippen LogP contribution in [0.3, 0.4) is 0 Å². The maximum Gasteiger partial charge on any atom is -0.0106 e. The highest BCUT2D eigenvalue weighted by molar-refractivity contribution is 14.1. The van der Waals surface area contributed by atoms with Gasteiger partial charge < -0.3 is 0 Å². The maximum atomic E-state index is 2.34. The van der Waals surface area contributed by atoms with E-state index in [0.717, 1.165) is 0 Å². The zero-order chi connectivity index (χ0) is 18.2. The lowest BCUT2D eigenvalue weighted by Crippen LogP contribution is -1.92. The Hall–Kier alpha value is -1.87. The summed E-state index contributed by atoms with van der Waals surface area (Å²) < 4.78 is 1.28. The largest absolute Gasteiger partial charge is 0.0871 e. The van der Waals surface area contributed by atoms with Gasteiger partial charge in [0.1, 0.15) is 0 Å². The number of allylic oxidation sites excluding steroid dienone is 8. The topological polar surface area (TPSA) is 0 Å². The smallest absolute Gasteiger partial charge is 0.0106 e. The first-order valence-corrected chi connectivity index (χ1v) is 9.64. The zero-order valence-corrected chi connectivity index (χ0v) is 17.5. The molecule has 0 spiro atoms. The van der Waals surface area contributed by atoms with Crippen LogP contribution in [0.25, 0.3) is 22.3 Å². The minimum absolute atomic E-state index is 1.25. The lowest BCUT2D eigenvalue weighted by Gasteiger charge is -2.14. The molecule has 0 unspecified atom stereocenters. The Balaban J connectivity index is 2.64. The van der Waals surface area contributed by atoms with E-state index in [-0.39, 0.29) is 0 Å². The van der Waals surface area contributed by atoms with Crippen molar-refractivity contribution >= 4 is 33.7 Å². The van der Waals surface area contributed by atoms with Crippen LogP contribution in [-0.2, 0) is 0 Å². The molecule has 0 atom stereocenters. The summed E-state index contributed by atoms with van der Waals surface area (Å²) in [6, 6.07) is 17.3. The van der Waals surface area contributed by atoms with Crippen molar-refractivity contribution in [3.63, 3.8) is 0 Å². The standard InChI is InChI=1S/C24H25I/c1-5-10-20(6-2)24-17-22(21-11-8-7-9-12-21)15-16-23(24)18(3)13-14-19(4)25/h5-17H,1-4H3/b10-5-,18-13+,19-14+,20-6+. The quantitative estimate of drug-likeness (QED) is 0.326. The van der Waals surface area contributed by atoms with E-state index < -0.39 is 0 Å². The van der Waals surface area contributed by atoms with Crippen molar-refractivity contribution in [2.24, 2.45) is 0 Å². The molecule has 2 rings (SSSR count). The first kappa shape index (κ1) is 19.5. The zero-order valence-electron chi connectivity index (χ0n) is 15.4. The SMILES string of the molecule is C/C=C\C(=C/C)c1cc(-c2ccccc2)ccc1/C(C)=C/C=C(\C)I. The van der Waals surface area contributed by atoms with Crippen molar-refractivity contribution in [1.29, 1.82) is 0 Å². The first-order chi connectivity index (χ1) is 12.1. The van der Waals surface area contributed by atoms with Gasteiger partial charge in [0.2, 0.25) is 0 Å². The summed E-state index contributed by atoms with van der Waals surface area (Å²) in [5.74, 6) is 0. The van der Waals surface area contributed by atoms with E-state index in [0.29, 0.717) is 0 Å². The molecule has 0 bridgehead atoms. The van der Waals surface area contributed by atoms with Crippen molar-refractivity contribution in [3.05, 3.63) is 93.6 Å². The van der Waals surface area contributed by atoms with Crippen LogP contribution in [0.15, 0.2) is 82.5 Å². The summed E-state index contributed by atoms with van der Waals surface area (Å²) in [5, 5.41) is 0. The molecule has 1 heteroatoms. The molecule has 0 N–H and O–H groups in total. The molecule has 0 aromatic heterocycles. The first-order valence-electron chi connectivity index (χ1n) is 8.56. The lowest BCUT2D eigenvalue weighted by molar-refractivity contribution is 1.49. The Labute approximate surface area is 165 Å². The lowest BCUT2D eigenvalue weighted by atomic mass is 9.90. The van der Waals surface area contributed by atoms with Gasteiger partial charge in [-0.2, -0.15) is 0 Å². The van der Waals surface area contributed by atoms with Crippen LogP contribution >= 0.6 is 22.6 Å². The summed E-state index contributed by atoms with van der Waals surface area (Å²) in [6.45, 7) is 8.46. The van der Waals surface area contributed by atoms with E-state index in [1.807, 2.05) is 0 Å². The average molecular weight is 440 g/mol. The Morgan fingerprint density at radius 3 is 2.16 bits per heavy atom. The fourth-order valence-corrected chi connectivity index (χ4v) is 2.97. The van der Waals surface area contributed by atoms with Crippen LogP contribution in [0.5, 0.6) is 0 Å². The normalized spacial score (nSPS) is 13.6. The van der Waals surface area contributed by atoms with E-state index in [9.17, 15) is 0 Å². The highest BCUT2D eigenvalue weighted by Crippen LogP contribution is 2.31. The molecule has 2 aromatic carbocycles. The minimum atomic E-state index is 1.25. The Bertz CT molecular complexity index is 830.